The molecule has 0 unspecified atom stereocenters. The Kier molecular flexibility index (Phi) is 16.4. The Labute approximate surface area is 321 Å². The van der Waals surface area contributed by atoms with Gasteiger partial charge in [-0.25, -0.2) is 0 Å². The van der Waals surface area contributed by atoms with Crippen LogP contribution in [0.3, 0.4) is 0 Å². The van der Waals surface area contributed by atoms with Crippen LogP contribution in [0, 0.1) is 11.8 Å². The third-order valence-corrected chi connectivity index (χ3v) is 10.3. The zero-order valence-electron chi connectivity index (χ0n) is 32.6. The van der Waals surface area contributed by atoms with E-state index in [0.717, 1.165) is 0 Å². The van der Waals surface area contributed by atoms with Gasteiger partial charge in [0.15, 0.2) is 0 Å². The average Bonchev–Trinajstić information content (AvgIpc) is 3.82. The molecule has 19 nitrogen and oxygen atoms in total. The summed E-state index contributed by atoms with van der Waals surface area (Å²) in [6.45, 7) is 9.74. The number of hydrogen-bond acceptors (Lipinski definition) is 10. The summed E-state index contributed by atoms with van der Waals surface area (Å²) in [5, 5.41) is 25.7. The van der Waals surface area contributed by atoms with Crippen molar-refractivity contribution >= 4 is 53.2 Å². The summed E-state index contributed by atoms with van der Waals surface area (Å²) >= 11 is 0. The molecule has 19 heteroatoms. The van der Waals surface area contributed by atoms with Gasteiger partial charge in [-0.1, -0.05) is 34.1 Å². The summed E-state index contributed by atoms with van der Waals surface area (Å²) in [5.74, 6) is -6.84. The Hall–Kier alpha value is -4.81. The molecule has 0 aromatic heterocycles. The molecule has 0 bridgehead atoms. The highest BCUT2D eigenvalue weighted by atomic mass is 16.3. The fourth-order valence-corrected chi connectivity index (χ4v) is 7.02. The number of hydrogen-bond donors (Lipinski definition) is 8. The summed E-state index contributed by atoms with van der Waals surface area (Å²) in [7, 11) is 0. The number of carbonyl (C=O) groups is 9. The maximum absolute atomic E-state index is 14.2. The lowest BCUT2D eigenvalue weighted by atomic mass is 9.96. The van der Waals surface area contributed by atoms with Crippen molar-refractivity contribution < 1.29 is 48.3 Å². The SMILES string of the molecule is CC[C@H](C)[C@@H]1NC(=O)[C@@H]2CCCN2C(=O)[C@H](CC(C)C)NC(=O)[C@H](C)NC(=O)CNC(=O)[C@H]([C@@H](C)O)NC(=O)[C@H](CCC(N)=O)NC(=O)[C@@H]2CCCN2C1=O. The molecule has 9 amide bonds. The van der Waals surface area contributed by atoms with E-state index >= 15 is 0 Å². The van der Waals surface area contributed by atoms with Gasteiger partial charge < -0.3 is 52.5 Å². The van der Waals surface area contributed by atoms with Crippen LogP contribution in [-0.4, -0.2) is 136 Å². The third kappa shape index (κ3) is 12.1. The molecule has 3 saturated heterocycles. The topological polar surface area (TPSA) is 279 Å². The van der Waals surface area contributed by atoms with Crippen LogP contribution in [0.15, 0.2) is 0 Å². The van der Waals surface area contributed by atoms with Crippen LogP contribution >= 0.6 is 0 Å². The largest absolute Gasteiger partial charge is 0.391 e. The van der Waals surface area contributed by atoms with Crippen LogP contribution in [0.4, 0.5) is 0 Å². The van der Waals surface area contributed by atoms with E-state index in [1.807, 2.05) is 20.8 Å². The molecule has 9 N–H and O–H groups in total. The van der Waals surface area contributed by atoms with Crippen LogP contribution in [0.5, 0.6) is 0 Å². The van der Waals surface area contributed by atoms with Gasteiger partial charge in [0.1, 0.15) is 42.3 Å². The number of nitrogens with one attached hydrogen (secondary N) is 6. The second-order valence-electron chi connectivity index (χ2n) is 15.2. The second kappa shape index (κ2) is 20.2. The lowest BCUT2D eigenvalue weighted by Crippen LogP contribution is -2.61. The van der Waals surface area contributed by atoms with Gasteiger partial charge in [-0.2, -0.15) is 0 Å². The van der Waals surface area contributed by atoms with Crippen molar-refractivity contribution in [1.29, 1.82) is 0 Å². The van der Waals surface area contributed by atoms with E-state index in [9.17, 15) is 48.3 Å². The summed E-state index contributed by atoms with van der Waals surface area (Å²) in [6, 6.07) is -8.28. The van der Waals surface area contributed by atoms with Gasteiger partial charge in [-0.15, -0.1) is 0 Å². The summed E-state index contributed by atoms with van der Waals surface area (Å²) in [4.78, 5) is 123. The second-order valence-corrected chi connectivity index (χ2v) is 15.2. The van der Waals surface area contributed by atoms with Crippen molar-refractivity contribution in [2.24, 2.45) is 17.6 Å². The first-order valence-corrected chi connectivity index (χ1v) is 19.2. The predicted molar refractivity (Wildman–Crippen MR) is 197 cm³/mol. The van der Waals surface area contributed by atoms with Crippen LogP contribution in [-0.2, 0) is 43.2 Å². The number of carbonyl (C=O) groups excluding carboxylic acids is 9. The molecule has 3 aliphatic heterocycles. The van der Waals surface area contributed by atoms with Crippen molar-refractivity contribution in [2.75, 3.05) is 19.6 Å². The van der Waals surface area contributed by atoms with E-state index in [0.29, 0.717) is 25.7 Å². The highest BCUT2D eigenvalue weighted by molar-refractivity contribution is 5.99. The first kappa shape index (κ1) is 44.6. The van der Waals surface area contributed by atoms with E-state index in [1.165, 1.54) is 23.6 Å². The molecule has 0 radical (unpaired) electrons. The molecule has 0 aromatic rings. The number of rotatable bonds is 8. The van der Waals surface area contributed by atoms with Crippen molar-refractivity contribution in [3.8, 4) is 0 Å². The molecule has 308 valence electrons. The molecule has 0 aromatic carbocycles. The standard InChI is InChI=1S/C36H59N9O10/c1-7-19(4)28-36(55)45-15-9-10-24(45)32(51)40-22(12-13-26(37)47)31(50)43-29(21(6)46)34(53)38-17-27(48)39-20(5)30(49)41-23(16-18(2)3)35(54)44-14-8-11-25(44)33(52)42-28/h18-25,28-29,46H,7-17H2,1-6H3,(H2,37,47)(H,38,53)(H,39,48)(H,40,51)(H,41,49)(H,42,52)(H,43,50)/t19-,20-,21+,22-,23-,24-,25-,28-,29-/m0/s1. The van der Waals surface area contributed by atoms with E-state index in [-0.39, 0.29) is 50.6 Å². The molecule has 3 aliphatic rings. The molecule has 0 aliphatic carbocycles. The number of nitrogens with two attached hydrogens (primary N) is 1. The lowest BCUT2D eigenvalue weighted by Gasteiger charge is -2.34. The van der Waals surface area contributed by atoms with Gasteiger partial charge in [0.25, 0.3) is 0 Å². The van der Waals surface area contributed by atoms with Crippen LogP contribution in [0.25, 0.3) is 0 Å². The van der Waals surface area contributed by atoms with Crippen LogP contribution in [0.2, 0.25) is 0 Å². The number of aliphatic hydroxyl groups is 1. The summed E-state index contributed by atoms with van der Waals surface area (Å²) in [6.07, 6.45) is 0.121. The van der Waals surface area contributed by atoms with E-state index in [2.05, 4.69) is 31.9 Å². The number of fused-ring (bicyclic) bond motifs is 2. The van der Waals surface area contributed by atoms with E-state index in [1.54, 1.807) is 6.92 Å². The van der Waals surface area contributed by atoms with E-state index < -0.39 is 108 Å². The van der Waals surface area contributed by atoms with Gasteiger partial charge in [0.2, 0.25) is 53.2 Å². The molecule has 3 fully saturated rings. The highest BCUT2D eigenvalue weighted by Gasteiger charge is 2.43. The number of amides is 9. The Morgan fingerprint density at radius 1 is 0.745 bits per heavy atom. The van der Waals surface area contributed by atoms with Crippen LogP contribution in [0.1, 0.15) is 92.9 Å². The average molecular weight is 778 g/mol. The first-order valence-electron chi connectivity index (χ1n) is 19.2. The zero-order chi connectivity index (χ0) is 41.1. The normalized spacial score (nSPS) is 29.5. The van der Waals surface area contributed by atoms with Crippen molar-refractivity contribution in [1.82, 2.24) is 41.7 Å². The predicted octanol–water partition coefficient (Wildman–Crippen LogP) is -2.72. The Morgan fingerprint density at radius 2 is 1.29 bits per heavy atom. The quantitative estimate of drug-likeness (QED) is 0.126. The van der Waals surface area contributed by atoms with Gasteiger partial charge in [-0.3, -0.25) is 43.2 Å². The fraction of sp³-hybridized carbons (Fsp3) is 0.750. The Balaban J connectivity index is 2.02. The van der Waals surface area contributed by atoms with Crippen LogP contribution < -0.4 is 37.6 Å². The number of nitrogens with zero attached hydrogens (tertiary/aromatic N) is 2. The summed E-state index contributed by atoms with van der Waals surface area (Å²) in [5.41, 5.74) is 5.33. The smallest absolute Gasteiger partial charge is 0.246 e. The molecule has 55 heavy (non-hydrogen) atoms. The van der Waals surface area contributed by atoms with Gasteiger partial charge in [0.05, 0.1) is 12.6 Å². The molecule has 9 atom stereocenters. The maximum Gasteiger partial charge on any atom is 0.246 e. The third-order valence-electron chi connectivity index (χ3n) is 10.3. The molecular formula is C36H59N9O10. The minimum absolute atomic E-state index is 0.0464. The lowest BCUT2D eigenvalue weighted by molar-refractivity contribution is -0.145. The number of primary amides is 1. The van der Waals surface area contributed by atoms with Crippen molar-refractivity contribution in [3.63, 3.8) is 0 Å². The van der Waals surface area contributed by atoms with E-state index in [4.69, 9.17) is 5.73 Å². The molecule has 0 spiro atoms. The van der Waals surface area contributed by atoms with Gasteiger partial charge >= 0.3 is 0 Å². The maximum atomic E-state index is 14.2. The summed E-state index contributed by atoms with van der Waals surface area (Å²) < 4.78 is 0. The fourth-order valence-electron chi connectivity index (χ4n) is 7.02. The van der Waals surface area contributed by atoms with Gasteiger partial charge in [0, 0.05) is 19.5 Å². The van der Waals surface area contributed by atoms with Gasteiger partial charge in [-0.05, 0) is 64.2 Å². The minimum atomic E-state index is -1.61. The molecule has 3 heterocycles. The molecule has 3 rings (SSSR count). The highest BCUT2D eigenvalue weighted by Crippen LogP contribution is 2.24. The Bertz CT molecular complexity index is 1470. The monoisotopic (exact) mass is 777 g/mol. The zero-order valence-corrected chi connectivity index (χ0v) is 32.6. The first-order chi connectivity index (χ1) is 25.9. The molecule has 0 saturated carbocycles. The van der Waals surface area contributed by atoms with Crippen molar-refractivity contribution in [3.05, 3.63) is 0 Å². The van der Waals surface area contributed by atoms with Crippen molar-refractivity contribution in [2.45, 2.75) is 141 Å². The number of aliphatic hydroxyl groups excluding tert-OH is 1. The molecular weight excluding hydrogens is 718 g/mol. The minimum Gasteiger partial charge on any atom is -0.391 e. The Morgan fingerprint density at radius 3 is 1.84 bits per heavy atom.